The molecule has 1 aromatic carbocycles. The molecule has 23 heavy (non-hydrogen) atoms. The van der Waals surface area contributed by atoms with Crippen molar-refractivity contribution in [2.24, 2.45) is 5.92 Å². The predicted molar refractivity (Wildman–Crippen MR) is 88.2 cm³/mol. The van der Waals surface area contributed by atoms with Gasteiger partial charge < -0.3 is 4.90 Å². The molecule has 0 spiro atoms. The molecule has 2 fully saturated rings. The second-order valence-electron chi connectivity index (χ2n) is 6.64. The minimum absolute atomic E-state index is 0.200. The van der Waals surface area contributed by atoms with E-state index < -0.39 is 15.8 Å². The van der Waals surface area contributed by atoms with Gasteiger partial charge in [0.1, 0.15) is 10.7 Å². The van der Waals surface area contributed by atoms with Gasteiger partial charge in [-0.25, -0.2) is 12.8 Å². The minimum atomic E-state index is -3.70. The quantitative estimate of drug-likeness (QED) is 0.846. The highest BCUT2D eigenvalue weighted by molar-refractivity contribution is 7.89. The molecule has 1 aromatic rings. The van der Waals surface area contributed by atoms with E-state index in [1.807, 2.05) is 0 Å². The van der Waals surface area contributed by atoms with Gasteiger partial charge in [-0.1, -0.05) is 18.6 Å². The second kappa shape index (κ2) is 7.28. The van der Waals surface area contributed by atoms with Crippen molar-refractivity contribution in [3.05, 3.63) is 30.1 Å². The molecule has 128 valence electrons. The van der Waals surface area contributed by atoms with Crippen LogP contribution in [0.25, 0.3) is 0 Å². The first-order valence-electron chi connectivity index (χ1n) is 8.54. The van der Waals surface area contributed by atoms with Crippen molar-refractivity contribution in [2.45, 2.75) is 37.0 Å². The standard InChI is InChI=1S/C17H25FN2O2S/c18-16-6-2-3-7-17(16)23(21,22)20-12-8-15(9-13-20)14-19-10-4-1-5-11-19/h2-3,6-7,15H,1,4-5,8-14H2. The van der Waals surface area contributed by atoms with Crippen LogP contribution in [-0.4, -0.2) is 50.3 Å². The molecule has 0 aliphatic carbocycles. The van der Waals surface area contributed by atoms with Gasteiger partial charge >= 0.3 is 0 Å². The van der Waals surface area contributed by atoms with Crippen LogP contribution in [0, 0.1) is 11.7 Å². The van der Waals surface area contributed by atoms with Crippen LogP contribution in [0.3, 0.4) is 0 Å². The Morgan fingerprint density at radius 3 is 2.30 bits per heavy atom. The summed E-state index contributed by atoms with van der Waals surface area (Å²) >= 11 is 0. The van der Waals surface area contributed by atoms with Gasteiger partial charge in [-0.2, -0.15) is 4.31 Å². The molecule has 0 atom stereocenters. The molecule has 3 rings (SSSR count). The molecule has 6 heteroatoms. The Hall–Kier alpha value is -0.980. The van der Waals surface area contributed by atoms with Crippen molar-refractivity contribution in [1.82, 2.24) is 9.21 Å². The van der Waals surface area contributed by atoms with Crippen molar-refractivity contribution in [3.63, 3.8) is 0 Å². The van der Waals surface area contributed by atoms with Crippen molar-refractivity contribution >= 4 is 10.0 Å². The van der Waals surface area contributed by atoms with E-state index in [1.54, 1.807) is 6.07 Å². The summed E-state index contributed by atoms with van der Waals surface area (Å²) in [6, 6.07) is 5.64. The summed E-state index contributed by atoms with van der Waals surface area (Å²) < 4.78 is 40.4. The average Bonchev–Trinajstić information content (AvgIpc) is 2.56. The molecule has 0 N–H and O–H groups in total. The Morgan fingerprint density at radius 2 is 1.65 bits per heavy atom. The lowest BCUT2D eigenvalue weighted by molar-refractivity contribution is 0.161. The first-order valence-corrected chi connectivity index (χ1v) is 9.98. The molecule has 0 aromatic heterocycles. The molecule has 0 bridgehead atoms. The molecular formula is C17H25FN2O2S. The van der Waals surface area contributed by atoms with Crippen molar-refractivity contribution in [3.8, 4) is 0 Å². The third-order valence-corrected chi connectivity index (χ3v) is 6.92. The first kappa shape index (κ1) is 16.9. The van der Waals surface area contributed by atoms with E-state index in [-0.39, 0.29) is 4.90 Å². The van der Waals surface area contributed by atoms with Crippen molar-refractivity contribution in [1.29, 1.82) is 0 Å². The molecule has 2 aliphatic heterocycles. The van der Waals surface area contributed by atoms with E-state index in [9.17, 15) is 12.8 Å². The number of rotatable bonds is 4. The second-order valence-corrected chi connectivity index (χ2v) is 8.55. The fraction of sp³-hybridized carbons (Fsp3) is 0.647. The molecule has 2 aliphatic rings. The molecule has 2 saturated heterocycles. The van der Waals surface area contributed by atoms with Gasteiger partial charge in [0.15, 0.2) is 0 Å². The zero-order valence-electron chi connectivity index (χ0n) is 13.5. The number of nitrogens with zero attached hydrogens (tertiary/aromatic N) is 2. The average molecular weight is 340 g/mol. The first-order chi connectivity index (χ1) is 11.1. The predicted octanol–water partition coefficient (Wildman–Crippen LogP) is 2.71. The van der Waals surface area contributed by atoms with Gasteiger partial charge in [-0.3, -0.25) is 0 Å². The lowest BCUT2D eigenvalue weighted by atomic mass is 9.96. The summed E-state index contributed by atoms with van der Waals surface area (Å²) in [6.07, 6.45) is 5.62. The van der Waals surface area contributed by atoms with Gasteiger partial charge in [0.25, 0.3) is 0 Å². The summed E-state index contributed by atoms with van der Waals surface area (Å²) in [7, 11) is -3.70. The van der Waals surface area contributed by atoms with Crippen LogP contribution < -0.4 is 0 Å². The molecule has 0 amide bonds. The van der Waals surface area contributed by atoms with E-state index in [0.717, 1.165) is 19.4 Å². The van der Waals surface area contributed by atoms with Crippen LogP contribution in [0.15, 0.2) is 29.2 Å². The molecular weight excluding hydrogens is 315 g/mol. The third kappa shape index (κ3) is 3.92. The summed E-state index contributed by atoms with van der Waals surface area (Å²) in [5.41, 5.74) is 0. The number of sulfonamides is 1. The highest BCUT2D eigenvalue weighted by Crippen LogP contribution is 2.26. The van der Waals surface area contributed by atoms with Gasteiger partial charge in [0.05, 0.1) is 0 Å². The van der Waals surface area contributed by atoms with E-state index in [0.29, 0.717) is 19.0 Å². The van der Waals surface area contributed by atoms with Gasteiger partial charge in [0, 0.05) is 19.6 Å². The number of benzene rings is 1. The van der Waals surface area contributed by atoms with E-state index in [1.165, 1.54) is 54.9 Å². The Morgan fingerprint density at radius 1 is 1.00 bits per heavy atom. The lowest BCUT2D eigenvalue weighted by Crippen LogP contribution is -2.42. The highest BCUT2D eigenvalue weighted by Gasteiger charge is 2.31. The fourth-order valence-electron chi connectivity index (χ4n) is 3.63. The van der Waals surface area contributed by atoms with Crippen LogP contribution in [0.1, 0.15) is 32.1 Å². The number of hydrogen-bond acceptors (Lipinski definition) is 3. The molecule has 0 unspecified atom stereocenters. The summed E-state index contributed by atoms with van der Waals surface area (Å²) in [6.45, 7) is 4.42. The van der Waals surface area contributed by atoms with E-state index in [2.05, 4.69) is 4.90 Å². The summed E-state index contributed by atoms with van der Waals surface area (Å²) in [4.78, 5) is 2.31. The normalized spacial score (nSPS) is 22.3. The van der Waals surface area contributed by atoms with E-state index >= 15 is 0 Å². The largest absolute Gasteiger partial charge is 0.303 e. The van der Waals surface area contributed by atoms with Crippen molar-refractivity contribution in [2.75, 3.05) is 32.7 Å². The lowest BCUT2D eigenvalue weighted by Gasteiger charge is -2.35. The smallest absolute Gasteiger partial charge is 0.245 e. The summed E-state index contributed by atoms with van der Waals surface area (Å²) in [5.74, 6) is -0.108. The number of hydrogen-bond donors (Lipinski definition) is 0. The minimum Gasteiger partial charge on any atom is -0.303 e. The van der Waals surface area contributed by atoms with Crippen LogP contribution in [0.2, 0.25) is 0 Å². The number of piperidine rings is 2. The molecule has 0 saturated carbocycles. The SMILES string of the molecule is O=S(=O)(c1ccccc1F)N1CCC(CN2CCCCC2)CC1. The zero-order chi connectivity index (χ0) is 16.3. The van der Waals surface area contributed by atoms with Gasteiger partial charge in [-0.15, -0.1) is 0 Å². The third-order valence-electron chi connectivity index (χ3n) is 4.99. The molecule has 0 radical (unpaired) electrons. The van der Waals surface area contributed by atoms with Crippen LogP contribution in [-0.2, 0) is 10.0 Å². The monoisotopic (exact) mass is 340 g/mol. The molecule has 4 nitrogen and oxygen atoms in total. The Bertz CT molecular complexity index is 621. The number of likely N-dealkylation sites (tertiary alicyclic amines) is 1. The van der Waals surface area contributed by atoms with Gasteiger partial charge in [0.2, 0.25) is 10.0 Å². The highest BCUT2D eigenvalue weighted by atomic mass is 32.2. The maximum Gasteiger partial charge on any atom is 0.245 e. The maximum atomic E-state index is 13.8. The topological polar surface area (TPSA) is 40.6 Å². The van der Waals surface area contributed by atoms with Crippen LogP contribution in [0.5, 0.6) is 0 Å². The van der Waals surface area contributed by atoms with Crippen LogP contribution in [0.4, 0.5) is 4.39 Å². The fourth-order valence-corrected chi connectivity index (χ4v) is 5.17. The summed E-state index contributed by atoms with van der Waals surface area (Å²) in [5, 5.41) is 0. The van der Waals surface area contributed by atoms with E-state index in [4.69, 9.17) is 0 Å². The Balaban J connectivity index is 1.59. The number of halogens is 1. The van der Waals surface area contributed by atoms with Gasteiger partial charge in [-0.05, 0) is 56.8 Å². The zero-order valence-corrected chi connectivity index (χ0v) is 14.3. The molecule has 2 heterocycles. The van der Waals surface area contributed by atoms with Crippen molar-refractivity contribution < 1.29 is 12.8 Å². The van der Waals surface area contributed by atoms with Crippen LogP contribution >= 0.6 is 0 Å². The Labute approximate surface area is 138 Å². The maximum absolute atomic E-state index is 13.8. The Kier molecular flexibility index (Phi) is 5.34.